The molecule has 0 amide bonds. The van der Waals surface area contributed by atoms with Crippen LogP contribution in [0, 0.1) is 0 Å². The average molecular weight is 536 g/mol. The zero-order valence-corrected chi connectivity index (χ0v) is 22.3. The zero-order valence-electron chi connectivity index (χ0n) is 20.7. The van der Waals surface area contributed by atoms with Crippen molar-refractivity contribution in [2.24, 2.45) is 4.99 Å². The van der Waals surface area contributed by atoms with Gasteiger partial charge in [0.25, 0.3) is 5.56 Å². The number of hydrogen-bond donors (Lipinski definition) is 0. The first-order chi connectivity index (χ1) is 17.9. The van der Waals surface area contributed by atoms with Crippen molar-refractivity contribution in [3.63, 3.8) is 0 Å². The molecule has 2 aromatic heterocycles. The minimum absolute atomic E-state index is 0.103. The van der Waals surface area contributed by atoms with Crippen LogP contribution in [0.25, 0.3) is 17.0 Å². The molecule has 3 heterocycles. The van der Waals surface area contributed by atoms with Crippen molar-refractivity contribution in [2.45, 2.75) is 26.4 Å². The van der Waals surface area contributed by atoms with Gasteiger partial charge in [0, 0.05) is 41.3 Å². The third-order valence-corrected chi connectivity index (χ3v) is 7.63. The van der Waals surface area contributed by atoms with Gasteiger partial charge in [-0.2, -0.15) is 0 Å². The number of aromatic nitrogens is 2. The second-order valence-corrected chi connectivity index (χ2v) is 10.1. The number of esters is 1. The lowest BCUT2D eigenvalue weighted by Gasteiger charge is -2.24. The standard InChI is InChI=1S/C28H26ClN3O4S/c1-4-31-16-19(21-7-5-6-8-22(21)31)15-23-26(33)32-25(18-9-11-20(29)12-10-18)24(17(2)30-28(32)37-23)27(34)36-14-13-35-3/h5-12,15-16,25H,4,13-14H2,1-3H3. The van der Waals surface area contributed by atoms with Gasteiger partial charge in [-0.05, 0) is 43.7 Å². The number of halogens is 1. The molecule has 9 heteroatoms. The van der Waals surface area contributed by atoms with Crippen molar-refractivity contribution < 1.29 is 14.3 Å². The minimum Gasteiger partial charge on any atom is -0.460 e. The van der Waals surface area contributed by atoms with Crippen LogP contribution in [0.5, 0.6) is 0 Å². The highest BCUT2D eigenvalue weighted by Gasteiger charge is 2.33. The van der Waals surface area contributed by atoms with Crippen LogP contribution in [0.15, 0.2) is 75.8 Å². The summed E-state index contributed by atoms with van der Waals surface area (Å²) in [5, 5.41) is 1.64. The predicted molar refractivity (Wildman–Crippen MR) is 146 cm³/mol. The fraction of sp³-hybridized carbons (Fsp3) is 0.250. The molecule has 4 aromatic rings. The van der Waals surface area contributed by atoms with E-state index in [0.29, 0.717) is 25.6 Å². The first-order valence-corrected chi connectivity index (χ1v) is 13.1. The van der Waals surface area contributed by atoms with Crippen molar-refractivity contribution in [3.8, 4) is 0 Å². The number of rotatable bonds is 7. The van der Waals surface area contributed by atoms with E-state index in [1.165, 1.54) is 18.4 Å². The first-order valence-electron chi connectivity index (χ1n) is 11.9. The van der Waals surface area contributed by atoms with E-state index >= 15 is 0 Å². The van der Waals surface area contributed by atoms with Crippen LogP contribution in [0.2, 0.25) is 5.02 Å². The second kappa shape index (κ2) is 10.5. The number of ether oxygens (including phenoxy) is 2. The maximum atomic E-state index is 13.9. The van der Waals surface area contributed by atoms with Gasteiger partial charge in [-0.25, -0.2) is 9.79 Å². The topological polar surface area (TPSA) is 74.8 Å². The average Bonchev–Trinajstić information content (AvgIpc) is 3.40. The van der Waals surface area contributed by atoms with Crippen LogP contribution in [0.3, 0.4) is 0 Å². The molecular formula is C28H26ClN3O4S. The maximum absolute atomic E-state index is 13.9. The van der Waals surface area contributed by atoms with Crippen LogP contribution >= 0.6 is 22.9 Å². The van der Waals surface area contributed by atoms with Crippen molar-refractivity contribution in [1.82, 2.24) is 9.13 Å². The Labute approximate surface area is 222 Å². The number of thiazole rings is 1. The number of methoxy groups -OCH3 is 1. The van der Waals surface area contributed by atoms with Gasteiger partial charge in [0.05, 0.1) is 28.5 Å². The van der Waals surface area contributed by atoms with E-state index in [9.17, 15) is 9.59 Å². The fourth-order valence-electron chi connectivity index (χ4n) is 4.63. The fourth-order valence-corrected chi connectivity index (χ4v) is 5.80. The third-order valence-electron chi connectivity index (χ3n) is 6.39. The molecule has 37 heavy (non-hydrogen) atoms. The predicted octanol–water partition coefficient (Wildman–Crippen LogP) is 4.05. The Morgan fingerprint density at radius 2 is 1.92 bits per heavy atom. The van der Waals surface area contributed by atoms with Gasteiger partial charge in [-0.3, -0.25) is 9.36 Å². The van der Waals surface area contributed by atoms with Gasteiger partial charge >= 0.3 is 5.97 Å². The lowest BCUT2D eigenvalue weighted by atomic mass is 9.96. The molecule has 5 rings (SSSR count). The molecule has 0 aliphatic carbocycles. The quantitative estimate of drug-likeness (QED) is 0.264. The third kappa shape index (κ3) is 4.68. The Kier molecular flexibility index (Phi) is 7.15. The van der Waals surface area contributed by atoms with E-state index in [-0.39, 0.29) is 18.8 Å². The molecule has 1 aliphatic heterocycles. The maximum Gasteiger partial charge on any atom is 0.338 e. The van der Waals surface area contributed by atoms with Crippen LogP contribution in [0.1, 0.15) is 31.0 Å². The van der Waals surface area contributed by atoms with Crippen molar-refractivity contribution >= 4 is 45.9 Å². The summed E-state index contributed by atoms with van der Waals surface area (Å²) in [6.07, 6.45) is 3.97. The van der Waals surface area contributed by atoms with Crippen molar-refractivity contribution in [1.29, 1.82) is 0 Å². The lowest BCUT2D eigenvalue weighted by Crippen LogP contribution is -2.40. The molecule has 0 saturated heterocycles. The highest BCUT2D eigenvalue weighted by Crippen LogP contribution is 2.31. The van der Waals surface area contributed by atoms with Crippen LogP contribution in [-0.2, 0) is 20.8 Å². The molecule has 7 nitrogen and oxygen atoms in total. The molecule has 1 aliphatic rings. The zero-order chi connectivity index (χ0) is 26.1. The number of carbonyl (C=O) groups excluding carboxylic acids is 1. The van der Waals surface area contributed by atoms with Gasteiger partial charge in [0.2, 0.25) is 0 Å². The Morgan fingerprint density at radius 3 is 2.65 bits per heavy atom. The summed E-state index contributed by atoms with van der Waals surface area (Å²) in [5.74, 6) is -0.529. The number of aryl methyl sites for hydroxylation is 1. The molecule has 2 aromatic carbocycles. The monoisotopic (exact) mass is 535 g/mol. The summed E-state index contributed by atoms with van der Waals surface area (Å²) in [6.45, 7) is 5.05. The molecule has 190 valence electrons. The Bertz CT molecular complexity index is 1700. The van der Waals surface area contributed by atoms with Gasteiger partial charge in [-0.1, -0.05) is 53.3 Å². The largest absolute Gasteiger partial charge is 0.460 e. The van der Waals surface area contributed by atoms with E-state index < -0.39 is 12.0 Å². The lowest BCUT2D eigenvalue weighted by molar-refractivity contribution is -0.140. The van der Waals surface area contributed by atoms with Crippen molar-refractivity contribution in [3.05, 3.63) is 102 Å². The number of allylic oxidation sites excluding steroid dienone is 1. The molecule has 0 fully saturated rings. The van der Waals surface area contributed by atoms with E-state index in [4.69, 9.17) is 21.1 Å². The molecular weight excluding hydrogens is 510 g/mol. The summed E-state index contributed by atoms with van der Waals surface area (Å²) in [7, 11) is 1.54. The minimum atomic E-state index is -0.692. The first kappa shape index (κ1) is 25.2. The summed E-state index contributed by atoms with van der Waals surface area (Å²) >= 11 is 7.45. The van der Waals surface area contributed by atoms with Crippen LogP contribution in [-0.4, -0.2) is 35.4 Å². The summed E-state index contributed by atoms with van der Waals surface area (Å²) < 4.78 is 14.8. The van der Waals surface area contributed by atoms with Crippen molar-refractivity contribution in [2.75, 3.05) is 20.3 Å². The number of fused-ring (bicyclic) bond motifs is 2. The molecule has 0 bridgehead atoms. The second-order valence-electron chi connectivity index (χ2n) is 8.65. The molecule has 1 atom stereocenters. The Morgan fingerprint density at radius 1 is 1.16 bits per heavy atom. The van der Waals surface area contributed by atoms with Gasteiger partial charge in [0.15, 0.2) is 4.80 Å². The Balaban J connectivity index is 1.69. The van der Waals surface area contributed by atoms with E-state index in [2.05, 4.69) is 34.8 Å². The number of para-hydroxylation sites is 1. The van der Waals surface area contributed by atoms with Gasteiger partial charge in [0.1, 0.15) is 6.61 Å². The highest BCUT2D eigenvalue weighted by atomic mass is 35.5. The van der Waals surface area contributed by atoms with Crippen LogP contribution in [0.4, 0.5) is 0 Å². The number of nitrogens with zero attached hydrogens (tertiary/aromatic N) is 3. The molecule has 0 radical (unpaired) electrons. The molecule has 0 saturated carbocycles. The van der Waals surface area contributed by atoms with E-state index in [1.54, 1.807) is 23.6 Å². The highest BCUT2D eigenvalue weighted by molar-refractivity contribution is 7.07. The SMILES string of the molecule is CCn1cc(C=c2sc3n(c2=O)C(c2ccc(Cl)cc2)C(C(=O)OCCOC)=C(C)N=3)c2ccccc21. The summed E-state index contributed by atoms with van der Waals surface area (Å²) in [4.78, 5) is 32.2. The summed E-state index contributed by atoms with van der Waals surface area (Å²) in [6, 6.07) is 14.6. The number of hydrogen-bond acceptors (Lipinski definition) is 6. The van der Waals surface area contributed by atoms with E-state index in [0.717, 1.165) is 28.6 Å². The van der Waals surface area contributed by atoms with E-state index in [1.807, 2.05) is 30.3 Å². The molecule has 1 unspecified atom stereocenters. The van der Waals surface area contributed by atoms with Gasteiger partial charge in [-0.15, -0.1) is 0 Å². The van der Waals surface area contributed by atoms with Crippen LogP contribution < -0.4 is 14.9 Å². The normalized spacial score (nSPS) is 15.7. The Hall–Kier alpha value is -3.46. The van der Waals surface area contributed by atoms with Gasteiger partial charge < -0.3 is 14.0 Å². The molecule has 0 spiro atoms. The smallest absolute Gasteiger partial charge is 0.338 e. The molecule has 0 N–H and O–H groups in total. The number of carbonyl (C=O) groups is 1. The summed E-state index contributed by atoms with van der Waals surface area (Å²) in [5.41, 5.74) is 3.43. The number of benzene rings is 2.